The minimum Gasteiger partial charge on any atom is -0.240 e. The smallest absolute Gasteiger partial charge is 0.149 e. The average Bonchev–Trinajstić information content (AvgIpc) is 2.34. The van der Waals surface area contributed by atoms with Gasteiger partial charge in [-0.3, -0.25) is 0 Å². The minimum atomic E-state index is -0.434. The number of halogens is 1. The Hall–Kier alpha value is -1.73. The molecule has 4 heteroatoms. The van der Waals surface area contributed by atoms with E-state index in [-0.39, 0.29) is 0 Å². The molecule has 0 N–H and O–H groups in total. The minimum absolute atomic E-state index is 0.434. The summed E-state index contributed by atoms with van der Waals surface area (Å²) in [4.78, 5) is 8.23. The summed E-state index contributed by atoms with van der Waals surface area (Å²) in [6.45, 7) is 0. The molecule has 0 aliphatic rings. The lowest BCUT2D eigenvalue weighted by atomic mass is 10.00. The molecule has 2 rings (SSSR count). The zero-order valence-corrected chi connectivity index (χ0v) is 9.92. The molecule has 0 amide bonds. The Morgan fingerprint density at radius 3 is 2.44 bits per heavy atom. The van der Waals surface area contributed by atoms with Gasteiger partial charge in [-0.25, -0.2) is 9.97 Å². The number of benzene rings is 1. The molecule has 1 aromatic heterocycles. The monoisotopic (exact) mass is 273 g/mol. The molecule has 16 heavy (non-hydrogen) atoms. The SMILES string of the molecule is N#CC(c1ncccn1)c1ccccc1Br. The molecular weight excluding hydrogens is 266 g/mol. The normalized spacial score (nSPS) is 11.8. The van der Waals surface area contributed by atoms with Gasteiger partial charge in [-0.2, -0.15) is 5.26 Å². The lowest BCUT2D eigenvalue weighted by Gasteiger charge is -2.09. The number of nitrogens with zero attached hydrogens (tertiary/aromatic N) is 3. The summed E-state index contributed by atoms with van der Waals surface area (Å²) in [7, 11) is 0. The molecule has 78 valence electrons. The van der Waals surface area contributed by atoms with Gasteiger partial charge in [0.15, 0.2) is 0 Å². The maximum absolute atomic E-state index is 9.21. The fourth-order valence-electron chi connectivity index (χ4n) is 1.44. The van der Waals surface area contributed by atoms with Gasteiger partial charge in [0.05, 0.1) is 6.07 Å². The van der Waals surface area contributed by atoms with Crippen LogP contribution in [0.5, 0.6) is 0 Å². The predicted molar refractivity (Wildman–Crippen MR) is 63.6 cm³/mol. The van der Waals surface area contributed by atoms with Gasteiger partial charge in [-0.1, -0.05) is 34.1 Å². The van der Waals surface area contributed by atoms with Crippen LogP contribution in [0, 0.1) is 11.3 Å². The van der Waals surface area contributed by atoms with Crippen LogP contribution in [-0.2, 0) is 0 Å². The van der Waals surface area contributed by atoms with Crippen LogP contribution >= 0.6 is 15.9 Å². The third kappa shape index (κ3) is 2.10. The van der Waals surface area contributed by atoms with E-state index in [1.54, 1.807) is 18.5 Å². The van der Waals surface area contributed by atoms with Gasteiger partial charge in [0.2, 0.25) is 0 Å². The first-order chi connectivity index (χ1) is 7.83. The topological polar surface area (TPSA) is 49.6 Å². The van der Waals surface area contributed by atoms with Crippen molar-refractivity contribution < 1.29 is 0 Å². The zero-order valence-electron chi connectivity index (χ0n) is 8.34. The van der Waals surface area contributed by atoms with Crippen molar-refractivity contribution in [3.8, 4) is 6.07 Å². The number of hydrogen-bond donors (Lipinski definition) is 0. The van der Waals surface area contributed by atoms with E-state index in [0.717, 1.165) is 10.0 Å². The van der Waals surface area contributed by atoms with E-state index in [4.69, 9.17) is 0 Å². The molecule has 0 aliphatic carbocycles. The van der Waals surface area contributed by atoms with Crippen molar-refractivity contribution in [1.82, 2.24) is 9.97 Å². The van der Waals surface area contributed by atoms with Crippen LogP contribution in [0.25, 0.3) is 0 Å². The summed E-state index contributed by atoms with van der Waals surface area (Å²) in [5.41, 5.74) is 0.885. The Kier molecular flexibility index (Phi) is 3.28. The summed E-state index contributed by atoms with van der Waals surface area (Å²) in [5, 5.41) is 9.21. The highest BCUT2D eigenvalue weighted by atomic mass is 79.9. The van der Waals surface area contributed by atoms with Gasteiger partial charge < -0.3 is 0 Å². The molecule has 1 heterocycles. The summed E-state index contributed by atoms with van der Waals surface area (Å²) in [5.74, 6) is 0.0914. The van der Waals surface area contributed by atoms with E-state index < -0.39 is 5.92 Å². The van der Waals surface area contributed by atoms with E-state index in [1.165, 1.54) is 0 Å². The van der Waals surface area contributed by atoms with Crippen LogP contribution in [-0.4, -0.2) is 9.97 Å². The first-order valence-corrected chi connectivity index (χ1v) is 5.53. The van der Waals surface area contributed by atoms with Gasteiger partial charge in [0.25, 0.3) is 0 Å². The van der Waals surface area contributed by atoms with Gasteiger partial charge in [0, 0.05) is 16.9 Å². The fourth-order valence-corrected chi connectivity index (χ4v) is 1.95. The van der Waals surface area contributed by atoms with E-state index in [0.29, 0.717) is 5.82 Å². The van der Waals surface area contributed by atoms with Gasteiger partial charge in [0.1, 0.15) is 11.7 Å². The molecule has 0 radical (unpaired) electrons. The van der Waals surface area contributed by atoms with Crippen LogP contribution in [0.4, 0.5) is 0 Å². The highest BCUT2D eigenvalue weighted by Gasteiger charge is 2.17. The number of nitriles is 1. The lowest BCUT2D eigenvalue weighted by Crippen LogP contribution is -2.03. The third-order valence-electron chi connectivity index (χ3n) is 2.19. The molecule has 0 aliphatic heterocycles. The summed E-state index contributed by atoms with van der Waals surface area (Å²) in [6.07, 6.45) is 3.28. The Labute approximate surface area is 102 Å². The molecule has 1 unspecified atom stereocenters. The summed E-state index contributed by atoms with van der Waals surface area (Å²) >= 11 is 3.43. The van der Waals surface area contributed by atoms with Crippen LogP contribution in [0.2, 0.25) is 0 Å². The van der Waals surface area contributed by atoms with E-state index in [1.807, 2.05) is 24.3 Å². The van der Waals surface area contributed by atoms with Gasteiger partial charge >= 0.3 is 0 Å². The fraction of sp³-hybridized carbons (Fsp3) is 0.0833. The Balaban J connectivity index is 2.47. The summed E-state index contributed by atoms with van der Waals surface area (Å²) < 4.78 is 0.897. The quantitative estimate of drug-likeness (QED) is 0.846. The Morgan fingerprint density at radius 1 is 1.12 bits per heavy atom. The molecule has 0 saturated heterocycles. The first-order valence-electron chi connectivity index (χ1n) is 4.74. The van der Waals surface area contributed by atoms with E-state index >= 15 is 0 Å². The number of aromatic nitrogens is 2. The average molecular weight is 274 g/mol. The number of rotatable bonds is 2. The summed E-state index contributed by atoms with van der Waals surface area (Å²) in [6, 6.07) is 11.6. The van der Waals surface area contributed by atoms with Crippen LogP contribution in [0.1, 0.15) is 17.3 Å². The first kappa shape index (κ1) is 10.8. The standard InChI is InChI=1S/C12H8BrN3/c13-11-5-2-1-4-9(11)10(8-14)12-15-6-3-7-16-12/h1-7,10H. The van der Waals surface area contributed by atoms with Crippen molar-refractivity contribution in [2.75, 3.05) is 0 Å². The van der Waals surface area contributed by atoms with Crippen LogP contribution < -0.4 is 0 Å². The Bertz CT molecular complexity index is 519. The van der Waals surface area contributed by atoms with Crippen molar-refractivity contribution in [3.05, 3.63) is 58.6 Å². The molecule has 0 spiro atoms. The Morgan fingerprint density at radius 2 is 1.81 bits per heavy atom. The van der Waals surface area contributed by atoms with Gasteiger partial charge in [-0.05, 0) is 17.7 Å². The number of hydrogen-bond acceptors (Lipinski definition) is 3. The van der Waals surface area contributed by atoms with Crippen molar-refractivity contribution in [1.29, 1.82) is 5.26 Å². The van der Waals surface area contributed by atoms with Crippen molar-refractivity contribution in [2.24, 2.45) is 0 Å². The third-order valence-corrected chi connectivity index (χ3v) is 2.91. The molecule has 0 fully saturated rings. The molecular formula is C12H8BrN3. The second kappa shape index (κ2) is 4.86. The zero-order chi connectivity index (χ0) is 11.4. The van der Waals surface area contributed by atoms with Crippen molar-refractivity contribution in [3.63, 3.8) is 0 Å². The maximum Gasteiger partial charge on any atom is 0.149 e. The predicted octanol–water partition coefficient (Wildman–Crippen LogP) is 2.89. The largest absolute Gasteiger partial charge is 0.240 e. The molecule has 0 saturated carbocycles. The van der Waals surface area contributed by atoms with Crippen molar-refractivity contribution in [2.45, 2.75) is 5.92 Å². The highest BCUT2D eigenvalue weighted by molar-refractivity contribution is 9.10. The lowest BCUT2D eigenvalue weighted by molar-refractivity contribution is 0.886. The molecule has 1 atom stereocenters. The second-order valence-corrected chi connectivity index (χ2v) is 4.04. The van der Waals surface area contributed by atoms with Crippen molar-refractivity contribution >= 4 is 15.9 Å². The molecule has 2 aromatic rings. The molecule has 0 bridgehead atoms. The highest BCUT2D eigenvalue weighted by Crippen LogP contribution is 2.27. The van der Waals surface area contributed by atoms with Crippen LogP contribution in [0.3, 0.4) is 0 Å². The maximum atomic E-state index is 9.21. The molecule has 1 aromatic carbocycles. The van der Waals surface area contributed by atoms with E-state index in [9.17, 15) is 5.26 Å². The van der Waals surface area contributed by atoms with Gasteiger partial charge in [-0.15, -0.1) is 0 Å². The molecule has 3 nitrogen and oxygen atoms in total. The van der Waals surface area contributed by atoms with Crippen LogP contribution in [0.15, 0.2) is 47.2 Å². The van der Waals surface area contributed by atoms with E-state index in [2.05, 4.69) is 32.0 Å². The second-order valence-electron chi connectivity index (χ2n) is 3.19.